The van der Waals surface area contributed by atoms with Gasteiger partial charge < -0.3 is 30.4 Å². The molecule has 0 amide bonds. The summed E-state index contributed by atoms with van der Waals surface area (Å²) in [6.45, 7) is 8.15. The summed E-state index contributed by atoms with van der Waals surface area (Å²) in [5.41, 5.74) is 8.70. The summed E-state index contributed by atoms with van der Waals surface area (Å²) < 4.78 is 13.3. The molecule has 12 nitrogen and oxygen atoms in total. The number of unbranched alkanes of at least 4 members (excludes halogenated alkanes) is 1. The third-order valence-electron chi connectivity index (χ3n) is 7.07. The fourth-order valence-corrected chi connectivity index (χ4v) is 4.98. The summed E-state index contributed by atoms with van der Waals surface area (Å²) in [7, 11) is 0. The van der Waals surface area contributed by atoms with Crippen molar-refractivity contribution in [3.63, 3.8) is 0 Å². The number of ether oxygens (including phenoxy) is 2. The van der Waals surface area contributed by atoms with Gasteiger partial charge in [-0.2, -0.15) is 0 Å². The Hall–Kier alpha value is -3.32. The van der Waals surface area contributed by atoms with Crippen molar-refractivity contribution >= 4 is 28.0 Å². The number of aromatic amines is 1. The summed E-state index contributed by atoms with van der Waals surface area (Å²) in [6, 6.07) is 6.14. The first-order chi connectivity index (χ1) is 18.4. The van der Waals surface area contributed by atoms with Crippen LogP contribution in [0.25, 0.3) is 22.2 Å². The minimum Gasteiger partial charge on any atom is -0.494 e. The molecular formula is C26H36N8O4. The Morgan fingerprint density at radius 1 is 1.18 bits per heavy atom. The van der Waals surface area contributed by atoms with Crippen molar-refractivity contribution in [2.75, 3.05) is 25.4 Å². The lowest BCUT2D eigenvalue weighted by Gasteiger charge is -2.30. The molecule has 4 aromatic rings. The second-order valence-corrected chi connectivity index (χ2v) is 9.97. The molecule has 0 spiro atoms. The fourth-order valence-electron chi connectivity index (χ4n) is 4.98. The molecule has 0 bridgehead atoms. The quantitative estimate of drug-likeness (QED) is 0.214. The molecule has 1 aliphatic heterocycles. The van der Waals surface area contributed by atoms with Crippen LogP contribution in [-0.2, 0) is 11.2 Å². The Labute approximate surface area is 220 Å². The smallest absolute Gasteiger partial charge is 0.167 e. The van der Waals surface area contributed by atoms with E-state index in [1.54, 1.807) is 4.57 Å². The number of imidazole rings is 2. The number of nitrogens with two attached hydrogens (primary N) is 1. The lowest BCUT2D eigenvalue weighted by atomic mass is 10.1. The summed E-state index contributed by atoms with van der Waals surface area (Å²) >= 11 is 0. The Morgan fingerprint density at radius 2 is 2.03 bits per heavy atom. The maximum atomic E-state index is 10.8. The van der Waals surface area contributed by atoms with E-state index in [0.29, 0.717) is 24.3 Å². The van der Waals surface area contributed by atoms with Crippen molar-refractivity contribution in [3.05, 3.63) is 36.7 Å². The summed E-state index contributed by atoms with van der Waals surface area (Å²) in [5, 5.41) is 21.6. The summed E-state index contributed by atoms with van der Waals surface area (Å²) in [6.07, 6.45) is 2.05. The van der Waals surface area contributed by atoms with Crippen LogP contribution in [0.5, 0.6) is 5.75 Å². The number of rotatable bonds is 11. The fraction of sp³-hybridized carbons (Fsp3) is 0.538. The lowest BCUT2D eigenvalue weighted by molar-refractivity contribution is -0.0469. The SMILES string of the molecule is CCOc1ccc2nc(CCCCN(C[C@H]3O[C@@H](n4cnc5c(N)ncnc54)[C@H](O)[C@@H]3O)C(C)C)[nH]c2c1. The topological polar surface area (TPSA) is 160 Å². The predicted octanol–water partition coefficient (Wildman–Crippen LogP) is 2.04. The molecule has 0 aliphatic carbocycles. The van der Waals surface area contributed by atoms with E-state index in [4.69, 9.17) is 20.2 Å². The molecule has 0 unspecified atom stereocenters. The van der Waals surface area contributed by atoms with Crippen molar-refractivity contribution in [2.24, 2.45) is 0 Å². The number of nitrogens with zero attached hydrogens (tertiary/aromatic N) is 6. The van der Waals surface area contributed by atoms with E-state index in [1.165, 1.54) is 12.7 Å². The van der Waals surface area contributed by atoms with Gasteiger partial charge in [0.15, 0.2) is 17.7 Å². The van der Waals surface area contributed by atoms with Crippen LogP contribution in [0.15, 0.2) is 30.9 Å². The minimum atomic E-state index is -1.13. The molecular weight excluding hydrogens is 488 g/mol. The van der Waals surface area contributed by atoms with E-state index in [0.717, 1.165) is 48.4 Å². The zero-order valence-electron chi connectivity index (χ0n) is 22.0. The molecule has 0 saturated carbocycles. The number of aliphatic hydroxyl groups is 2. The van der Waals surface area contributed by atoms with Crippen molar-refractivity contribution in [1.82, 2.24) is 34.4 Å². The molecule has 38 heavy (non-hydrogen) atoms. The summed E-state index contributed by atoms with van der Waals surface area (Å²) in [4.78, 5) is 22.8. The number of anilines is 1. The molecule has 1 saturated heterocycles. The van der Waals surface area contributed by atoms with Crippen LogP contribution >= 0.6 is 0 Å². The second kappa shape index (κ2) is 11.2. The molecule has 1 aromatic carbocycles. The van der Waals surface area contributed by atoms with Gasteiger partial charge in [0.05, 0.1) is 24.0 Å². The van der Waals surface area contributed by atoms with Gasteiger partial charge in [-0.1, -0.05) is 0 Å². The van der Waals surface area contributed by atoms with Gasteiger partial charge in [-0.25, -0.2) is 19.9 Å². The highest BCUT2D eigenvalue weighted by Crippen LogP contribution is 2.32. The van der Waals surface area contributed by atoms with Crippen LogP contribution in [0.3, 0.4) is 0 Å². The maximum Gasteiger partial charge on any atom is 0.167 e. The molecule has 4 atom stereocenters. The largest absolute Gasteiger partial charge is 0.494 e. The molecule has 3 aromatic heterocycles. The van der Waals surface area contributed by atoms with Gasteiger partial charge in [0.2, 0.25) is 0 Å². The van der Waals surface area contributed by atoms with Crippen molar-refractivity contribution in [3.8, 4) is 5.75 Å². The van der Waals surface area contributed by atoms with Crippen LogP contribution in [0.1, 0.15) is 45.7 Å². The number of aromatic nitrogens is 6. The van der Waals surface area contributed by atoms with Crippen LogP contribution in [0.4, 0.5) is 5.82 Å². The molecule has 204 valence electrons. The second-order valence-electron chi connectivity index (χ2n) is 9.97. The van der Waals surface area contributed by atoms with E-state index < -0.39 is 24.5 Å². The van der Waals surface area contributed by atoms with Crippen molar-refractivity contribution in [1.29, 1.82) is 0 Å². The van der Waals surface area contributed by atoms with Crippen LogP contribution in [-0.4, -0.2) is 88.7 Å². The van der Waals surface area contributed by atoms with E-state index in [-0.39, 0.29) is 11.9 Å². The average Bonchev–Trinajstić information content (AvgIpc) is 3.58. The third-order valence-corrected chi connectivity index (χ3v) is 7.07. The lowest BCUT2D eigenvalue weighted by Crippen LogP contribution is -2.43. The van der Waals surface area contributed by atoms with Gasteiger partial charge >= 0.3 is 0 Å². The minimum absolute atomic E-state index is 0.242. The number of H-pyrrole nitrogens is 1. The number of nitrogen functional groups attached to an aromatic ring is 1. The highest BCUT2D eigenvalue weighted by atomic mass is 16.6. The highest BCUT2D eigenvalue weighted by Gasteiger charge is 2.45. The van der Waals surface area contributed by atoms with Gasteiger partial charge in [-0.15, -0.1) is 0 Å². The number of hydrogen-bond acceptors (Lipinski definition) is 10. The van der Waals surface area contributed by atoms with Crippen LogP contribution in [0.2, 0.25) is 0 Å². The number of fused-ring (bicyclic) bond motifs is 2. The number of aryl methyl sites for hydroxylation is 1. The number of benzene rings is 1. The Kier molecular flexibility index (Phi) is 7.75. The molecule has 0 radical (unpaired) electrons. The molecule has 1 fully saturated rings. The van der Waals surface area contributed by atoms with Gasteiger partial charge in [0.1, 0.15) is 41.7 Å². The Bertz CT molecular complexity index is 1370. The van der Waals surface area contributed by atoms with E-state index >= 15 is 0 Å². The average molecular weight is 525 g/mol. The van der Waals surface area contributed by atoms with E-state index in [9.17, 15) is 10.2 Å². The Balaban J connectivity index is 1.17. The van der Waals surface area contributed by atoms with Crippen LogP contribution < -0.4 is 10.5 Å². The van der Waals surface area contributed by atoms with Crippen molar-refractivity contribution < 1.29 is 19.7 Å². The van der Waals surface area contributed by atoms with Crippen molar-refractivity contribution in [2.45, 2.75) is 70.6 Å². The monoisotopic (exact) mass is 524 g/mol. The molecule has 5 N–H and O–H groups in total. The number of nitrogens with one attached hydrogen (secondary N) is 1. The first-order valence-electron chi connectivity index (χ1n) is 13.2. The predicted molar refractivity (Wildman–Crippen MR) is 143 cm³/mol. The zero-order valence-corrected chi connectivity index (χ0v) is 22.0. The first kappa shape index (κ1) is 26.3. The van der Waals surface area contributed by atoms with Gasteiger partial charge in [-0.3, -0.25) is 9.47 Å². The van der Waals surface area contributed by atoms with Gasteiger partial charge in [-0.05, 0) is 52.3 Å². The Morgan fingerprint density at radius 3 is 2.82 bits per heavy atom. The highest BCUT2D eigenvalue weighted by molar-refractivity contribution is 5.81. The standard InChI is InChI=1S/C26H36N8O4/c1-4-37-16-8-9-17-18(11-16)32-20(31-17)7-5-6-10-33(15(2)3)12-19-22(35)23(36)26(38-19)34-14-30-21-24(27)28-13-29-25(21)34/h8-9,11,13-15,19,22-23,26,35-36H,4-7,10,12H2,1-3H3,(H,31,32)(H2,27,28,29)/t19-,22-,23-,26-/m1/s1. The normalized spacial score (nSPS) is 21.9. The number of hydrogen-bond donors (Lipinski definition) is 4. The van der Waals surface area contributed by atoms with E-state index in [1.807, 2.05) is 25.1 Å². The number of aliphatic hydroxyl groups excluding tert-OH is 2. The molecule has 12 heteroatoms. The van der Waals surface area contributed by atoms with Gasteiger partial charge in [0.25, 0.3) is 0 Å². The maximum absolute atomic E-state index is 10.8. The molecule has 4 heterocycles. The third kappa shape index (κ3) is 5.30. The first-order valence-corrected chi connectivity index (χ1v) is 13.2. The zero-order chi connectivity index (χ0) is 26.8. The molecule has 5 rings (SSSR count). The molecule has 1 aliphatic rings. The van der Waals surface area contributed by atoms with E-state index in [2.05, 4.69) is 38.7 Å². The van der Waals surface area contributed by atoms with Gasteiger partial charge in [0, 0.05) is 25.1 Å². The summed E-state index contributed by atoms with van der Waals surface area (Å²) in [5.74, 6) is 2.05. The van der Waals surface area contributed by atoms with Crippen LogP contribution in [0, 0.1) is 0 Å².